The van der Waals surface area contributed by atoms with Crippen molar-refractivity contribution in [3.05, 3.63) is 24.0 Å². The highest BCUT2D eigenvalue weighted by molar-refractivity contribution is 6.02. The molecule has 1 unspecified atom stereocenters. The number of hydrogen-bond donors (Lipinski definition) is 1. The average molecular weight is 230 g/mol. The number of terminal acetylenes is 1. The molecular weight excluding hydrogens is 220 g/mol. The molecule has 1 aromatic heterocycles. The zero-order chi connectivity index (χ0) is 12.4. The van der Waals surface area contributed by atoms with Crippen molar-refractivity contribution >= 4 is 17.6 Å². The highest BCUT2D eigenvalue weighted by atomic mass is 16.4. The Morgan fingerprint density at radius 2 is 2.41 bits per heavy atom. The summed E-state index contributed by atoms with van der Waals surface area (Å²) in [5.74, 6) is 1.03. The molecule has 0 aliphatic carbocycles. The van der Waals surface area contributed by atoms with Gasteiger partial charge in [-0.05, 0) is 12.1 Å². The van der Waals surface area contributed by atoms with E-state index in [1.54, 1.807) is 12.1 Å². The van der Waals surface area contributed by atoms with Crippen LogP contribution in [0, 0.1) is 18.3 Å². The molecule has 17 heavy (non-hydrogen) atoms. The summed E-state index contributed by atoms with van der Waals surface area (Å²) in [5, 5.41) is 8.99. The van der Waals surface area contributed by atoms with E-state index in [2.05, 4.69) is 10.9 Å². The molecular formula is C12H10N2O3. The van der Waals surface area contributed by atoms with E-state index >= 15 is 0 Å². The van der Waals surface area contributed by atoms with Gasteiger partial charge in [0.1, 0.15) is 0 Å². The first-order valence-electron chi connectivity index (χ1n) is 5.08. The molecule has 0 aromatic carbocycles. The van der Waals surface area contributed by atoms with Crippen molar-refractivity contribution in [2.75, 3.05) is 11.4 Å². The molecule has 1 amide bonds. The molecule has 0 saturated carbocycles. The second kappa shape index (κ2) is 4.26. The molecule has 0 spiro atoms. The van der Waals surface area contributed by atoms with Crippen LogP contribution in [0.3, 0.4) is 0 Å². The van der Waals surface area contributed by atoms with Gasteiger partial charge < -0.3 is 10.0 Å². The first kappa shape index (κ1) is 11.1. The van der Waals surface area contributed by atoms with Gasteiger partial charge in [0, 0.05) is 25.1 Å². The number of hydrogen-bond acceptors (Lipinski definition) is 3. The van der Waals surface area contributed by atoms with Crippen LogP contribution in [0.5, 0.6) is 0 Å². The standard InChI is InChI=1S/C12H10N2O3/c1-2-8-6-10(15)14(7-8)9-4-3-5-13-11(9)12(16)17/h1,3-5,8H,6-7H2,(H,16,17). The van der Waals surface area contributed by atoms with Crippen LogP contribution >= 0.6 is 0 Å². The molecule has 1 saturated heterocycles. The van der Waals surface area contributed by atoms with Gasteiger partial charge in [0.15, 0.2) is 5.69 Å². The Labute approximate surface area is 98.1 Å². The van der Waals surface area contributed by atoms with Crippen molar-refractivity contribution in [2.24, 2.45) is 5.92 Å². The second-order valence-electron chi connectivity index (χ2n) is 3.75. The number of nitrogens with zero attached hydrogens (tertiary/aromatic N) is 2. The molecule has 5 nitrogen and oxygen atoms in total. The Bertz CT molecular complexity index is 519. The maximum Gasteiger partial charge on any atom is 0.356 e. The number of carbonyl (C=O) groups is 2. The number of carboxylic acids is 1. The first-order chi connectivity index (χ1) is 8.13. The van der Waals surface area contributed by atoms with Crippen molar-refractivity contribution in [2.45, 2.75) is 6.42 Å². The summed E-state index contributed by atoms with van der Waals surface area (Å²) < 4.78 is 0. The summed E-state index contributed by atoms with van der Waals surface area (Å²) in [7, 11) is 0. The van der Waals surface area contributed by atoms with Crippen LogP contribution in [0.4, 0.5) is 5.69 Å². The third kappa shape index (κ3) is 1.97. The third-order valence-electron chi connectivity index (χ3n) is 2.64. The van der Waals surface area contributed by atoms with Gasteiger partial charge in [-0.2, -0.15) is 0 Å². The molecule has 0 radical (unpaired) electrons. The summed E-state index contributed by atoms with van der Waals surface area (Å²) in [6, 6.07) is 3.16. The lowest BCUT2D eigenvalue weighted by molar-refractivity contribution is -0.117. The van der Waals surface area contributed by atoms with Crippen molar-refractivity contribution in [1.29, 1.82) is 0 Å². The molecule has 1 aliphatic heterocycles. The van der Waals surface area contributed by atoms with E-state index in [9.17, 15) is 9.59 Å². The van der Waals surface area contributed by atoms with Crippen LogP contribution in [0.25, 0.3) is 0 Å². The molecule has 1 aliphatic rings. The van der Waals surface area contributed by atoms with Crippen LogP contribution in [0.1, 0.15) is 16.9 Å². The lowest BCUT2D eigenvalue weighted by Crippen LogP contribution is -2.26. The van der Waals surface area contributed by atoms with E-state index in [0.29, 0.717) is 12.2 Å². The van der Waals surface area contributed by atoms with Crippen LogP contribution in [0.2, 0.25) is 0 Å². The predicted octanol–water partition coefficient (Wildman–Crippen LogP) is 0.766. The maximum absolute atomic E-state index is 11.7. The van der Waals surface area contributed by atoms with E-state index in [4.69, 9.17) is 11.5 Å². The number of amides is 1. The minimum absolute atomic E-state index is 0.126. The molecule has 2 rings (SSSR count). The molecule has 1 fully saturated rings. The number of aromatic nitrogens is 1. The third-order valence-corrected chi connectivity index (χ3v) is 2.64. The highest BCUT2D eigenvalue weighted by Gasteiger charge is 2.31. The normalized spacial score (nSPS) is 19.1. The Kier molecular flexibility index (Phi) is 2.79. The summed E-state index contributed by atoms with van der Waals surface area (Å²) >= 11 is 0. The van der Waals surface area contributed by atoms with E-state index in [1.807, 2.05) is 0 Å². The van der Waals surface area contributed by atoms with Gasteiger partial charge in [-0.25, -0.2) is 9.78 Å². The summed E-state index contributed by atoms with van der Waals surface area (Å²) in [4.78, 5) is 27.9. The zero-order valence-electron chi connectivity index (χ0n) is 8.96. The van der Waals surface area contributed by atoms with Gasteiger partial charge in [0.25, 0.3) is 0 Å². The topological polar surface area (TPSA) is 70.5 Å². The molecule has 5 heteroatoms. The maximum atomic E-state index is 11.7. The molecule has 1 atom stereocenters. The number of rotatable bonds is 2. The number of aromatic carboxylic acids is 1. The van der Waals surface area contributed by atoms with Gasteiger partial charge in [-0.3, -0.25) is 4.79 Å². The molecule has 2 heterocycles. The number of pyridine rings is 1. The fourth-order valence-corrected chi connectivity index (χ4v) is 1.83. The van der Waals surface area contributed by atoms with Crippen molar-refractivity contribution in [1.82, 2.24) is 4.98 Å². The van der Waals surface area contributed by atoms with Gasteiger partial charge in [-0.15, -0.1) is 12.3 Å². The van der Waals surface area contributed by atoms with Gasteiger partial charge in [-0.1, -0.05) is 0 Å². The largest absolute Gasteiger partial charge is 0.476 e. The van der Waals surface area contributed by atoms with Gasteiger partial charge in [0.05, 0.1) is 5.69 Å². The summed E-state index contributed by atoms with van der Waals surface area (Å²) in [6.45, 7) is 0.349. The predicted molar refractivity (Wildman–Crippen MR) is 60.5 cm³/mol. The zero-order valence-corrected chi connectivity index (χ0v) is 8.96. The first-order valence-corrected chi connectivity index (χ1v) is 5.08. The van der Waals surface area contributed by atoms with E-state index < -0.39 is 5.97 Å². The Hall–Kier alpha value is -2.35. The fourth-order valence-electron chi connectivity index (χ4n) is 1.83. The number of carboxylic acid groups (broad SMARTS) is 1. The number of anilines is 1. The molecule has 1 aromatic rings. The van der Waals surface area contributed by atoms with Crippen molar-refractivity contribution in [3.8, 4) is 12.3 Å². The molecule has 0 bridgehead atoms. The van der Waals surface area contributed by atoms with Gasteiger partial charge in [0.2, 0.25) is 5.91 Å². The van der Waals surface area contributed by atoms with Crippen molar-refractivity contribution < 1.29 is 14.7 Å². The van der Waals surface area contributed by atoms with E-state index in [-0.39, 0.29) is 23.9 Å². The average Bonchev–Trinajstić information content (AvgIpc) is 2.70. The summed E-state index contributed by atoms with van der Waals surface area (Å²) in [5.41, 5.74) is 0.182. The Balaban J connectivity index is 2.39. The van der Waals surface area contributed by atoms with Crippen LogP contribution < -0.4 is 4.90 Å². The summed E-state index contributed by atoms with van der Waals surface area (Å²) in [6.07, 6.45) is 6.91. The van der Waals surface area contributed by atoms with E-state index in [1.165, 1.54) is 11.1 Å². The Morgan fingerprint density at radius 3 is 3.00 bits per heavy atom. The molecule has 86 valence electrons. The van der Waals surface area contributed by atoms with Crippen LogP contribution in [-0.2, 0) is 4.79 Å². The van der Waals surface area contributed by atoms with Gasteiger partial charge >= 0.3 is 5.97 Å². The Morgan fingerprint density at radius 1 is 1.65 bits per heavy atom. The lowest BCUT2D eigenvalue weighted by atomic mass is 10.1. The fraction of sp³-hybridized carbons (Fsp3) is 0.250. The van der Waals surface area contributed by atoms with E-state index in [0.717, 1.165) is 0 Å². The smallest absolute Gasteiger partial charge is 0.356 e. The SMILES string of the molecule is C#CC1CC(=O)N(c2cccnc2C(=O)O)C1. The quantitative estimate of drug-likeness (QED) is 0.762. The number of carbonyl (C=O) groups excluding carboxylic acids is 1. The molecule has 1 N–H and O–H groups in total. The van der Waals surface area contributed by atoms with Crippen LogP contribution in [0.15, 0.2) is 18.3 Å². The van der Waals surface area contributed by atoms with Crippen LogP contribution in [-0.4, -0.2) is 28.5 Å². The minimum atomic E-state index is -1.16. The monoisotopic (exact) mass is 230 g/mol. The second-order valence-corrected chi connectivity index (χ2v) is 3.75. The lowest BCUT2D eigenvalue weighted by Gasteiger charge is -2.17. The van der Waals surface area contributed by atoms with Crippen molar-refractivity contribution in [3.63, 3.8) is 0 Å². The highest BCUT2D eigenvalue weighted by Crippen LogP contribution is 2.26. The minimum Gasteiger partial charge on any atom is -0.476 e.